The number of hydrogen-bond donors (Lipinski definition) is 1. The smallest absolute Gasteiger partial charge is 0.209 e. The molecule has 1 aromatic carbocycles. The Bertz CT molecular complexity index is 784. The van der Waals surface area contributed by atoms with Crippen LogP contribution in [0, 0.1) is 6.92 Å². The molecular weight excluding hydrogens is 324 g/mol. The van der Waals surface area contributed by atoms with Gasteiger partial charge in [0.25, 0.3) is 0 Å². The third-order valence-electron chi connectivity index (χ3n) is 3.09. The molecule has 2 rings (SSSR count). The molecule has 0 unspecified atom stereocenters. The molecule has 6 nitrogen and oxygen atoms in total. The number of halogens is 1. The summed E-state index contributed by atoms with van der Waals surface area (Å²) in [4.78, 5) is 4.44. The third kappa shape index (κ3) is 4.06. The van der Waals surface area contributed by atoms with Gasteiger partial charge in [0.2, 0.25) is 10.0 Å². The van der Waals surface area contributed by atoms with E-state index < -0.39 is 10.0 Å². The summed E-state index contributed by atoms with van der Waals surface area (Å²) in [6.07, 6.45) is 1.12. The average molecular weight is 343 g/mol. The molecule has 0 radical (unpaired) electrons. The Morgan fingerprint density at radius 3 is 2.59 bits per heavy atom. The van der Waals surface area contributed by atoms with Gasteiger partial charge >= 0.3 is 0 Å². The second-order valence-corrected chi connectivity index (χ2v) is 7.75. The number of aromatic nitrogens is 3. The largest absolute Gasteiger partial charge is 0.216 e. The fourth-order valence-electron chi connectivity index (χ4n) is 1.97. The first-order chi connectivity index (χ1) is 10.2. The minimum absolute atomic E-state index is 0.0839. The Balaban J connectivity index is 2.48. The van der Waals surface area contributed by atoms with Crippen LogP contribution in [0.3, 0.4) is 0 Å². The molecule has 0 aliphatic heterocycles. The van der Waals surface area contributed by atoms with Crippen molar-refractivity contribution >= 4 is 21.6 Å². The van der Waals surface area contributed by atoms with Crippen molar-refractivity contribution in [2.75, 3.05) is 6.26 Å². The predicted molar refractivity (Wildman–Crippen MR) is 86.9 cm³/mol. The van der Waals surface area contributed by atoms with Crippen LogP contribution >= 0.6 is 11.6 Å². The zero-order chi connectivity index (χ0) is 16.5. The lowest BCUT2D eigenvalue weighted by molar-refractivity contribution is 0.584. The van der Waals surface area contributed by atoms with Crippen LogP contribution in [-0.2, 0) is 16.6 Å². The lowest BCUT2D eigenvalue weighted by atomic mass is 10.2. The summed E-state index contributed by atoms with van der Waals surface area (Å²) >= 11 is 5.98. The molecule has 1 aromatic heterocycles. The van der Waals surface area contributed by atoms with Crippen molar-refractivity contribution < 1.29 is 8.42 Å². The first kappa shape index (κ1) is 16.9. The summed E-state index contributed by atoms with van der Waals surface area (Å²) in [5.41, 5.74) is 1.77. The van der Waals surface area contributed by atoms with E-state index >= 15 is 0 Å². The van der Waals surface area contributed by atoms with Gasteiger partial charge < -0.3 is 0 Å². The van der Waals surface area contributed by atoms with Gasteiger partial charge in [-0.25, -0.2) is 22.8 Å². The maximum absolute atomic E-state index is 11.3. The van der Waals surface area contributed by atoms with Crippen molar-refractivity contribution in [2.45, 2.75) is 33.2 Å². The van der Waals surface area contributed by atoms with Crippen molar-refractivity contribution in [1.82, 2.24) is 19.5 Å². The number of nitrogens with one attached hydrogen (secondary N) is 1. The molecule has 1 N–H and O–H groups in total. The molecule has 0 fully saturated rings. The lowest BCUT2D eigenvalue weighted by Gasteiger charge is -2.09. The van der Waals surface area contributed by atoms with Gasteiger partial charge in [-0.05, 0) is 30.7 Å². The fourth-order valence-corrected chi connectivity index (χ4v) is 2.58. The highest BCUT2D eigenvalue weighted by Crippen LogP contribution is 2.21. The van der Waals surface area contributed by atoms with Crippen LogP contribution in [0.4, 0.5) is 0 Å². The predicted octanol–water partition coefficient (Wildman–Crippen LogP) is 2.40. The summed E-state index contributed by atoms with van der Waals surface area (Å²) in [6.45, 7) is 5.98. The monoisotopic (exact) mass is 342 g/mol. The zero-order valence-corrected chi connectivity index (χ0v) is 14.5. The van der Waals surface area contributed by atoms with Crippen LogP contribution in [0.15, 0.2) is 18.2 Å². The highest BCUT2D eigenvalue weighted by atomic mass is 35.5. The maximum Gasteiger partial charge on any atom is 0.209 e. The molecule has 22 heavy (non-hydrogen) atoms. The number of hydrogen-bond acceptors (Lipinski definition) is 4. The van der Waals surface area contributed by atoms with Gasteiger partial charge in [0.15, 0.2) is 5.82 Å². The number of benzene rings is 1. The quantitative estimate of drug-likeness (QED) is 0.905. The summed E-state index contributed by atoms with van der Waals surface area (Å²) < 4.78 is 26.8. The second-order valence-electron chi connectivity index (χ2n) is 5.48. The molecule has 0 aliphatic rings. The van der Waals surface area contributed by atoms with Gasteiger partial charge in [-0.1, -0.05) is 25.4 Å². The SMILES string of the molecule is Cc1cc(Cl)ccc1-n1nc(C(C)C)nc1CNS(C)(=O)=O. The van der Waals surface area contributed by atoms with Crippen LogP contribution < -0.4 is 4.72 Å². The van der Waals surface area contributed by atoms with E-state index in [9.17, 15) is 8.42 Å². The Labute approximate surface area is 135 Å². The lowest BCUT2D eigenvalue weighted by Crippen LogP contribution is -2.23. The summed E-state index contributed by atoms with van der Waals surface area (Å²) in [5, 5.41) is 5.14. The Kier molecular flexibility index (Phi) is 4.89. The van der Waals surface area contributed by atoms with Crippen molar-refractivity contribution in [3.05, 3.63) is 40.4 Å². The number of rotatable bonds is 5. The molecule has 0 amide bonds. The molecule has 0 spiro atoms. The van der Waals surface area contributed by atoms with Crippen molar-refractivity contribution in [1.29, 1.82) is 0 Å². The van der Waals surface area contributed by atoms with E-state index in [4.69, 9.17) is 11.6 Å². The number of sulfonamides is 1. The van der Waals surface area contributed by atoms with E-state index in [0.29, 0.717) is 16.7 Å². The molecule has 0 atom stereocenters. The first-order valence-corrected chi connectivity index (χ1v) is 9.11. The van der Waals surface area contributed by atoms with Gasteiger partial charge in [-0.2, -0.15) is 5.10 Å². The van der Waals surface area contributed by atoms with E-state index in [-0.39, 0.29) is 12.5 Å². The average Bonchev–Trinajstić information content (AvgIpc) is 2.79. The van der Waals surface area contributed by atoms with E-state index in [2.05, 4.69) is 14.8 Å². The molecular formula is C14H19ClN4O2S. The van der Waals surface area contributed by atoms with Gasteiger partial charge in [0.1, 0.15) is 5.82 Å². The zero-order valence-electron chi connectivity index (χ0n) is 13.0. The van der Waals surface area contributed by atoms with E-state index in [1.54, 1.807) is 10.7 Å². The van der Waals surface area contributed by atoms with Gasteiger partial charge in [-0.15, -0.1) is 0 Å². The Morgan fingerprint density at radius 2 is 2.05 bits per heavy atom. The normalized spacial score (nSPS) is 12.1. The van der Waals surface area contributed by atoms with Crippen molar-refractivity contribution in [3.8, 4) is 5.69 Å². The molecule has 0 saturated heterocycles. The summed E-state index contributed by atoms with van der Waals surface area (Å²) in [5.74, 6) is 1.35. The van der Waals surface area contributed by atoms with Crippen LogP contribution in [-0.4, -0.2) is 29.4 Å². The van der Waals surface area contributed by atoms with Crippen LogP contribution in [0.2, 0.25) is 5.02 Å². The van der Waals surface area contributed by atoms with E-state index in [1.807, 2.05) is 32.9 Å². The van der Waals surface area contributed by atoms with E-state index in [1.165, 1.54) is 0 Å². The van der Waals surface area contributed by atoms with Crippen LogP contribution in [0.1, 0.15) is 37.0 Å². The standard InChI is InChI=1S/C14H19ClN4O2S/c1-9(2)14-17-13(8-16-22(4,20)21)19(18-14)12-6-5-11(15)7-10(12)3/h5-7,9,16H,8H2,1-4H3. The molecule has 1 heterocycles. The first-order valence-electron chi connectivity index (χ1n) is 6.84. The van der Waals surface area contributed by atoms with E-state index in [0.717, 1.165) is 17.5 Å². The topological polar surface area (TPSA) is 76.9 Å². The molecule has 0 saturated carbocycles. The minimum Gasteiger partial charge on any atom is -0.216 e. The molecule has 0 bridgehead atoms. The Hall–Kier alpha value is -1.44. The molecule has 8 heteroatoms. The maximum atomic E-state index is 11.3. The molecule has 2 aromatic rings. The molecule has 120 valence electrons. The fraction of sp³-hybridized carbons (Fsp3) is 0.429. The summed E-state index contributed by atoms with van der Waals surface area (Å²) in [6, 6.07) is 5.45. The molecule has 0 aliphatic carbocycles. The summed E-state index contributed by atoms with van der Waals surface area (Å²) in [7, 11) is -3.30. The van der Waals surface area contributed by atoms with Gasteiger partial charge in [0.05, 0.1) is 18.5 Å². The van der Waals surface area contributed by atoms with Gasteiger partial charge in [-0.3, -0.25) is 0 Å². The Morgan fingerprint density at radius 1 is 1.36 bits per heavy atom. The third-order valence-corrected chi connectivity index (χ3v) is 3.99. The van der Waals surface area contributed by atoms with Crippen LogP contribution in [0.5, 0.6) is 0 Å². The highest BCUT2D eigenvalue weighted by Gasteiger charge is 2.16. The second kappa shape index (κ2) is 6.36. The van der Waals surface area contributed by atoms with Crippen molar-refractivity contribution in [3.63, 3.8) is 0 Å². The van der Waals surface area contributed by atoms with Gasteiger partial charge in [0, 0.05) is 10.9 Å². The minimum atomic E-state index is -3.30. The number of nitrogens with zero attached hydrogens (tertiary/aromatic N) is 3. The van der Waals surface area contributed by atoms with Crippen molar-refractivity contribution in [2.24, 2.45) is 0 Å². The highest BCUT2D eigenvalue weighted by molar-refractivity contribution is 7.88. The van der Waals surface area contributed by atoms with Crippen LogP contribution in [0.25, 0.3) is 5.69 Å². The number of aryl methyl sites for hydroxylation is 1.